The lowest BCUT2D eigenvalue weighted by molar-refractivity contribution is 0.390. The van der Waals surface area contributed by atoms with E-state index in [9.17, 15) is 0 Å². The van der Waals surface area contributed by atoms with Crippen LogP contribution in [-0.2, 0) is 6.54 Å². The Balaban J connectivity index is 2.16. The number of aromatic nitrogens is 2. The van der Waals surface area contributed by atoms with Crippen molar-refractivity contribution in [1.82, 2.24) is 10.1 Å². The number of nitrogens with two attached hydrogens (primary N) is 1. The summed E-state index contributed by atoms with van der Waals surface area (Å²) in [7, 11) is 1.89. The zero-order valence-corrected chi connectivity index (χ0v) is 10.4. The van der Waals surface area contributed by atoms with E-state index in [2.05, 4.69) is 10.1 Å². The molecule has 6 heteroatoms. The van der Waals surface area contributed by atoms with E-state index in [1.807, 2.05) is 24.9 Å². The van der Waals surface area contributed by atoms with E-state index in [-0.39, 0.29) is 0 Å². The molecule has 2 rings (SSSR count). The quantitative estimate of drug-likeness (QED) is 0.849. The first-order valence-electron chi connectivity index (χ1n) is 5.11. The van der Waals surface area contributed by atoms with Crippen LogP contribution in [0, 0.1) is 6.92 Å². The lowest BCUT2D eigenvalue weighted by Gasteiger charge is -2.17. The van der Waals surface area contributed by atoms with Crippen molar-refractivity contribution in [3.8, 4) is 0 Å². The molecule has 2 aromatic rings. The van der Waals surface area contributed by atoms with Crippen LogP contribution >= 0.6 is 11.6 Å². The number of halogens is 1. The smallest absolute Gasteiger partial charge is 0.133 e. The number of pyridine rings is 1. The third-order valence-corrected chi connectivity index (χ3v) is 2.46. The second-order valence-corrected chi connectivity index (χ2v) is 4.25. The Bertz CT molecular complexity index is 506. The normalized spacial score (nSPS) is 10.5. The first-order chi connectivity index (χ1) is 8.04. The summed E-state index contributed by atoms with van der Waals surface area (Å²) in [5.41, 5.74) is 7.13. The molecule has 0 bridgehead atoms. The molecule has 0 spiro atoms. The van der Waals surface area contributed by atoms with Crippen molar-refractivity contribution in [2.75, 3.05) is 17.7 Å². The summed E-state index contributed by atoms with van der Waals surface area (Å²) in [6, 6.07) is 5.25. The molecule has 17 heavy (non-hydrogen) atoms. The Morgan fingerprint density at radius 2 is 2.18 bits per heavy atom. The Morgan fingerprint density at radius 1 is 1.41 bits per heavy atom. The number of rotatable bonds is 3. The molecule has 0 saturated heterocycles. The van der Waals surface area contributed by atoms with Crippen LogP contribution in [0.4, 0.5) is 11.5 Å². The van der Waals surface area contributed by atoms with E-state index in [4.69, 9.17) is 21.9 Å². The van der Waals surface area contributed by atoms with Crippen LogP contribution in [0.15, 0.2) is 22.7 Å². The summed E-state index contributed by atoms with van der Waals surface area (Å²) >= 11 is 5.85. The van der Waals surface area contributed by atoms with Gasteiger partial charge in [0, 0.05) is 24.9 Å². The number of hydrogen-bond donors (Lipinski definition) is 1. The van der Waals surface area contributed by atoms with Gasteiger partial charge in [-0.25, -0.2) is 4.98 Å². The average molecular weight is 253 g/mol. The monoisotopic (exact) mass is 252 g/mol. The maximum atomic E-state index is 5.85. The zero-order chi connectivity index (χ0) is 12.4. The maximum absolute atomic E-state index is 5.85. The first kappa shape index (κ1) is 11.7. The molecule has 0 atom stereocenters. The van der Waals surface area contributed by atoms with Gasteiger partial charge in [0.25, 0.3) is 0 Å². The molecule has 0 amide bonds. The van der Waals surface area contributed by atoms with Crippen molar-refractivity contribution in [3.05, 3.63) is 34.8 Å². The number of nitrogen functional groups attached to an aromatic ring is 1. The molecule has 0 radical (unpaired) electrons. The number of nitrogens with zero attached hydrogens (tertiary/aromatic N) is 3. The summed E-state index contributed by atoms with van der Waals surface area (Å²) in [4.78, 5) is 6.09. The van der Waals surface area contributed by atoms with E-state index in [1.54, 1.807) is 12.1 Å². The van der Waals surface area contributed by atoms with Crippen LogP contribution in [0.25, 0.3) is 0 Å². The minimum absolute atomic E-state index is 0.378. The fraction of sp³-hybridized carbons (Fsp3) is 0.273. The van der Waals surface area contributed by atoms with Gasteiger partial charge < -0.3 is 15.2 Å². The molecule has 2 aromatic heterocycles. The largest absolute Gasteiger partial charge is 0.399 e. The average Bonchev–Trinajstić information content (AvgIpc) is 2.62. The molecular weight excluding hydrogens is 240 g/mol. The Kier molecular flexibility index (Phi) is 3.19. The first-order valence-corrected chi connectivity index (χ1v) is 5.49. The van der Waals surface area contributed by atoms with Gasteiger partial charge in [-0.05, 0) is 13.0 Å². The number of aryl methyl sites for hydroxylation is 1. The Morgan fingerprint density at radius 3 is 2.76 bits per heavy atom. The molecule has 0 aliphatic carbocycles. The molecule has 2 heterocycles. The summed E-state index contributed by atoms with van der Waals surface area (Å²) < 4.78 is 5.00. The summed E-state index contributed by atoms with van der Waals surface area (Å²) in [5, 5.41) is 4.30. The fourth-order valence-electron chi connectivity index (χ4n) is 1.51. The molecule has 0 aromatic carbocycles. The Labute approximate surface area is 104 Å². The molecule has 0 saturated carbocycles. The van der Waals surface area contributed by atoms with Gasteiger partial charge in [0.1, 0.15) is 22.4 Å². The molecule has 2 N–H and O–H groups in total. The van der Waals surface area contributed by atoms with E-state index < -0.39 is 0 Å². The van der Waals surface area contributed by atoms with Crippen molar-refractivity contribution < 1.29 is 4.52 Å². The Hall–Kier alpha value is -1.75. The van der Waals surface area contributed by atoms with Crippen molar-refractivity contribution in [2.24, 2.45) is 0 Å². The molecule has 0 aliphatic rings. The second kappa shape index (κ2) is 4.63. The number of anilines is 2. The summed E-state index contributed by atoms with van der Waals surface area (Å²) in [5.74, 6) is 1.49. The highest BCUT2D eigenvalue weighted by molar-refractivity contribution is 6.29. The van der Waals surface area contributed by atoms with Gasteiger partial charge in [-0.1, -0.05) is 16.8 Å². The van der Waals surface area contributed by atoms with Gasteiger partial charge in [-0.15, -0.1) is 0 Å². The predicted octanol–water partition coefficient (Wildman–Crippen LogP) is 2.25. The van der Waals surface area contributed by atoms with Crippen LogP contribution in [0.3, 0.4) is 0 Å². The van der Waals surface area contributed by atoms with Crippen LogP contribution in [-0.4, -0.2) is 17.2 Å². The van der Waals surface area contributed by atoms with Crippen LogP contribution in [0.5, 0.6) is 0 Å². The van der Waals surface area contributed by atoms with Gasteiger partial charge in [0.2, 0.25) is 0 Å². The highest BCUT2D eigenvalue weighted by Crippen LogP contribution is 2.19. The van der Waals surface area contributed by atoms with Gasteiger partial charge in [-0.3, -0.25) is 0 Å². The van der Waals surface area contributed by atoms with Crippen LogP contribution in [0.1, 0.15) is 11.5 Å². The number of hydrogen-bond acceptors (Lipinski definition) is 5. The third-order valence-electron chi connectivity index (χ3n) is 2.27. The predicted molar refractivity (Wildman–Crippen MR) is 67.0 cm³/mol. The molecular formula is C11H13ClN4O. The standard InChI is InChI=1S/C11H13ClN4O/c1-7-3-9(15-17-7)6-16(2)11-5-8(13)4-10(12)14-11/h3-5H,6H2,1-2H3,(H2,13,14). The van der Waals surface area contributed by atoms with Crippen LogP contribution < -0.4 is 10.6 Å². The highest BCUT2D eigenvalue weighted by atomic mass is 35.5. The molecule has 0 unspecified atom stereocenters. The van der Waals surface area contributed by atoms with E-state index >= 15 is 0 Å². The zero-order valence-electron chi connectivity index (χ0n) is 9.64. The van der Waals surface area contributed by atoms with Gasteiger partial charge >= 0.3 is 0 Å². The fourth-order valence-corrected chi connectivity index (χ4v) is 1.73. The van der Waals surface area contributed by atoms with Crippen molar-refractivity contribution in [1.29, 1.82) is 0 Å². The van der Waals surface area contributed by atoms with Crippen molar-refractivity contribution in [2.45, 2.75) is 13.5 Å². The minimum Gasteiger partial charge on any atom is -0.399 e. The van der Waals surface area contributed by atoms with Crippen molar-refractivity contribution >= 4 is 23.1 Å². The van der Waals surface area contributed by atoms with Crippen molar-refractivity contribution in [3.63, 3.8) is 0 Å². The summed E-state index contributed by atoms with van der Waals surface area (Å²) in [6.07, 6.45) is 0. The maximum Gasteiger partial charge on any atom is 0.133 e. The van der Waals surface area contributed by atoms with E-state index in [0.717, 1.165) is 11.5 Å². The highest BCUT2D eigenvalue weighted by Gasteiger charge is 2.08. The lowest BCUT2D eigenvalue weighted by Crippen LogP contribution is -2.18. The molecule has 0 aliphatic heterocycles. The molecule has 5 nitrogen and oxygen atoms in total. The molecule has 0 fully saturated rings. The van der Waals surface area contributed by atoms with Crippen LogP contribution in [0.2, 0.25) is 5.15 Å². The van der Waals surface area contributed by atoms with Gasteiger partial charge in [-0.2, -0.15) is 0 Å². The lowest BCUT2D eigenvalue weighted by atomic mass is 10.3. The van der Waals surface area contributed by atoms with Gasteiger partial charge in [0.05, 0.1) is 6.54 Å². The van der Waals surface area contributed by atoms with E-state index in [0.29, 0.717) is 23.2 Å². The van der Waals surface area contributed by atoms with E-state index in [1.165, 1.54) is 0 Å². The SMILES string of the molecule is Cc1cc(CN(C)c2cc(N)cc(Cl)n2)no1. The topological polar surface area (TPSA) is 68.2 Å². The summed E-state index contributed by atoms with van der Waals surface area (Å²) in [6.45, 7) is 2.44. The molecule has 90 valence electrons. The minimum atomic E-state index is 0.378. The second-order valence-electron chi connectivity index (χ2n) is 3.87. The van der Waals surface area contributed by atoms with Gasteiger partial charge in [0.15, 0.2) is 0 Å². The third kappa shape index (κ3) is 2.88.